The summed E-state index contributed by atoms with van der Waals surface area (Å²) in [5, 5.41) is 2.85. The van der Waals surface area contributed by atoms with E-state index in [1.165, 1.54) is 24.1 Å². The van der Waals surface area contributed by atoms with Gasteiger partial charge in [0, 0.05) is 12.6 Å². The van der Waals surface area contributed by atoms with Gasteiger partial charge in [-0.05, 0) is 75.2 Å². The highest BCUT2D eigenvalue weighted by Gasteiger charge is 2.32. The van der Waals surface area contributed by atoms with Crippen LogP contribution in [0.4, 0.5) is 5.69 Å². The topological polar surface area (TPSA) is 96.0 Å². The van der Waals surface area contributed by atoms with Crippen molar-refractivity contribution in [2.24, 2.45) is 0 Å². The Kier molecular flexibility index (Phi) is 9.52. The molecule has 1 atom stereocenters. The van der Waals surface area contributed by atoms with Crippen molar-refractivity contribution < 1.29 is 22.7 Å². The molecule has 9 heteroatoms. The average molecular weight is 538 g/mol. The van der Waals surface area contributed by atoms with Gasteiger partial charge in [-0.3, -0.25) is 13.9 Å². The van der Waals surface area contributed by atoms with Crippen molar-refractivity contribution in [3.8, 4) is 5.75 Å². The number of nitrogens with zero attached hydrogens (tertiary/aromatic N) is 2. The van der Waals surface area contributed by atoms with Gasteiger partial charge in [0.05, 0.1) is 17.7 Å². The summed E-state index contributed by atoms with van der Waals surface area (Å²) >= 11 is 0. The number of nitrogens with one attached hydrogen (secondary N) is 1. The van der Waals surface area contributed by atoms with E-state index in [0.29, 0.717) is 11.4 Å². The van der Waals surface area contributed by atoms with E-state index >= 15 is 0 Å². The van der Waals surface area contributed by atoms with E-state index in [1.54, 1.807) is 49.4 Å². The molecule has 0 saturated carbocycles. The van der Waals surface area contributed by atoms with Crippen molar-refractivity contribution in [1.82, 2.24) is 10.2 Å². The fraction of sp³-hybridized carbons (Fsp3) is 0.310. The molecule has 3 aromatic rings. The Hall–Kier alpha value is -3.85. The first kappa shape index (κ1) is 28.7. The van der Waals surface area contributed by atoms with Gasteiger partial charge in [-0.2, -0.15) is 0 Å². The number of benzene rings is 3. The summed E-state index contributed by atoms with van der Waals surface area (Å²) in [6, 6.07) is 21.1. The molecule has 0 saturated heterocycles. The number of methoxy groups -OCH3 is 1. The highest BCUT2D eigenvalue weighted by Crippen LogP contribution is 2.26. The summed E-state index contributed by atoms with van der Waals surface area (Å²) in [6.07, 6.45) is 0. The second-order valence-electron chi connectivity index (χ2n) is 9.31. The Morgan fingerprint density at radius 2 is 1.50 bits per heavy atom. The van der Waals surface area contributed by atoms with Gasteiger partial charge in [0.1, 0.15) is 18.3 Å². The number of amides is 2. The number of hydrogen-bond donors (Lipinski definition) is 1. The molecule has 8 nitrogen and oxygen atoms in total. The lowest BCUT2D eigenvalue weighted by Crippen LogP contribution is -2.52. The van der Waals surface area contributed by atoms with Gasteiger partial charge in [-0.15, -0.1) is 0 Å². The zero-order valence-corrected chi connectivity index (χ0v) is 23.2. The third-order valence-corrected chi connectivity index (χ3v) is 7.96. The molecular formula is C29H35N3O5S. The Morgan fingerprint density at radius 3 is 2.08 bits per heavy atom. The molecule has 3 rings (SSSR count). The van der Waals surface area contributed by atoms with Gasteiger partial charge in [-0.25, -0.2) is 8.42 Å². The van der Waals surface area contributed by atoms with E-state index in [2.05, 4.69) is 5.32 Å². The first-order chi connectivity index (χ1) is 18.0. The molecule has 0 aromatic heterocycles. The molecule has 0 fully saturated rings. The van der Waals surface area contributed by atoms with Crippen LogP contribution in [0.1, 0.15) is 31.9 Å². The lowest BCUT2D eigenvalue weighted by Gasteiger charge is -2.32. The maximum Gasteiger partial charge on any atom is 0.264 e. The molecule has 0 heterocycles. The van der Waals surface area contributed by atoms with Crippen molar-refractivity contribution in [3.63, 3.8) is 0 Å². The van der Waals surface area contributed by atoms with Crippen LogP contribution in [-0.4, -0.2) is 50.9 Å². The largest absolute Gasteiger partial charge is 0.497 e. The van der Waals surface area contributed by atoms with Gasteiger partial charge < -0.3 is 15.0 Å². The summed E-state index contributed by atoms with van der Waals surface area (Å²) in [4.78, 5) is 28.3. The fourth-order valence-electron chi connectivity index (χ4n) is 3.96. The van der Waals surface area contributed by atoms with Crippen LogP contribution < -0.4 is 14.4 Å². The molecule has 38 heavy (non-hydrogen) atoms. The Balaban J connectivity index is 2.03. The fourth-order valence-corrected chi connectivity index (χ4v) is 5.39. The number of anilines is 1. The molecule has 1 N–H and O–H groups in total. The average Bonchev–Trinajstić information content (AvgIpc) is 2.91. The van der Waals surface area contributed by atoms with Crippen molar-refractivity contribution in [1.29, 1.82) is 0 Å². The quantitative estimate of drug-likeness (QED) is 0.397. The Bertz CT molecular complexity index is 1340. The predicted octanol–water partition coefficient (Wildman–Crippen LogP) is 4.14. The minimum atomic E-state index is -4.10. The smallest absolute Gasteiger partial charge is 0.264 e. The third-order valence-electron chi connectivity index (χ3n) is 6.17. The summed E-state index contributed by atoms with van der Waals surface area (Å²) < 4.78 is 33.8. The molecule has 0 unspecified atom stereocenters. The van der Waals surface area contributed by atoms with E-state index in [4.69, 9.17) is 4.74 Å². The van der Waals surface area contributed by atoms with Gasteiger partial charge in [0.2, 0.25) is 11.8 Å². The van der Waals surface area contributed by atoms with Crippen molar-refractivity contribution >= 4 is 27.5 Å². The number of hydrogen-bond acceptors (Lipinski definition) is 5. The van der Waals surface area contributed by atoms with Crippen LogP contribution in [0, 0.1) is 6.92 Å². The van der Waals surface area contributed by atoms with Gasteiger partial charge in [-0.1, -0.05) is 42.5 Å². The first-order valence-corrected chi connectivity index (χ1v) is 13.8. The normalized spacial score (nSPS) is 12.1. The van der Waals surface area contributed by atoms with Crippen LogP contribution in [0.2, 0.25) is 0 Å². The molecule has 0 aliphatic rings. The molecule has 0 aliphatic heterocycles. The molecule has 202 valence electrons. The van der Waals surface area contributed by atoms with Gasteiger partial charge >= 0.3 is 0 Å². The highest BCUT2D eigenvalue weighted by molar-refractivity contribution is 7.92. The van der Waals surface area contributed by atoms with Gasteiger partial charge in [0.25, 0.3) is 10.0 Å². The minimum Gasteiger partial charge on any atom is -0.497 e. The lowest BCUT2D eigenvalue weighted by atomic mass is 10.1. The number of rotatable bonds is 11. The van der Waals surface area contributed by atoms with Gasteiger partial charge in [0.15, 0.2) is 0 Å². The summed E-state index contributed by atoms with van der Waals surface area (Å²) in [6.45, 7) is 6.93. The van der Waals surface area contributed by atoms with E-state index in [-0.39, 0.29) is 23.4 Å². The third kappa shape index (κ3) is 6.92. The molecule has 0 radical (unpaired) electrons. The summed E-state index contributed by atoms with van der Waals surface area (Å²) in [5.74, 6) is -0.267. The van der Waals surface area contributed by atoms with Crippen LogP contribution >= 0.6 is 0 Å². The zero-order valence-electron chi connectivity index (χ0n) is 22.4. The highest BCUT2D eigenvalue weighted by atomic mass is 32.2. The summed E-state index contributed by atoms with van der Waals surface area (Å²) in [5.41, 5.74) is 2.13. The Morgan fingerprint density at radius 1 is 0.895 bits per heavy atom. The van der Waals surface area contributed by atoms with Crippen LogP contribution in [0.5, 0.6) is 5.75 Å². The van der Waals surface area contributed by atoms with E-state index in [0.717, 1.165) is 15.4 Å². The Labute approximate surface area is 225 Å². The number of carbonyl (C=O) groups is 2. The van der Waals surface area contributed by atoms with Crippen molar-refractivity contribution in [2.45, 2.75) is 51.2 Å². The molecule has 0 bridgehead atoms. The van der Waals surface area contributed by atoms with E-state index < -0.39 is 28.5 Å². The van der Waals surface area contributed by atoms with Crippen LogP contribution in [0.25, 0.3) is 0 Å². The monoisotopic (exact) mass is 537 g/mol. The second kappa shape index (κ2) is 12.6. The molecule has 3 aromatic carbocycles. The number of carbonyl (C=O) groups excluding carboxylic acids is 2. The molecular weight excluding hydrogens is 502 g/mol. The zero-order chi connectivity index (χ0) is 27.9. The molecule has 0 spiro atoms. The standard InChI is InChI=1S/C29H35N3O5S/c1-21(2)30-29(34)23(4)31(19-24-12-10-9-11-22(24)3)28(33)20-32(25-15-17-26(37-5)18-16-25)38(35,36)27-13-7-6-8-14-27/h6-18,21,23H,19-20H2,1-5H3,(H,30,34)/t23-/m0/s1. The number of ether oxygens (including phenoxy) is 1. The number of aryl methyl sites for hydroxylation is 1. The lowest BCUT2D eigenvalue weighted by molar-refractivity contribution is -0.139. The van der Waals surface area contributed by atoms with Crippen LogP contribution in [-0.2, 0) is 26.2 Å². The van der Waals surface area contributed by atoms with Crippen molar-refractivity contribution in [2.75, 3.05) is 18.0 Å². The SMILES string of the molecule is COc1ccc(N(CC(=O)N(Cc2ccccc2C)[C@@H](C)C(=O)NC(C)C)S(=O)(=O)c2ccccc2)cc1. The first-order valence-electron chi connectivity index (χ1n) is 12.4. The van der Waals surface area contributed by atoms with E-state index in [1.807, 2.05) is 45.0 Å². The van der Waals surface area contributed by atoms with Crippen LogP contribution in [0.3, 0.4) is 0 Å². The van der Waals surface area contributed by atoms with Crippen LogP contribution in [0.15, 0.2) is 83.8 Å². The predicted molar refractivity (Wildman–Crippen MR) is 148 cm³/mol. The maximum atomic E-state index is 13.9. The van der Waals surface area contributed by atoms with Crippen molar-refractivity contribution in [3.05, 3.63) is 90.0 Å². The van der Waals surface area contributed by atoms with E-state index in [9.17, 15) is 18.0 Å². The molecule has 0 aliphatic carbocycles. The number of sulfonamides is 1. The molecule has 2 amide bonds. The summed E-state index contributed by atoms with van der Waals surface area (Å²) in [7, 11) is -2.59. The minimum absolute atomic E-state index is 0.0553. The second-order valence-corrected chi connectivity index (χ2v) is 11.2. The maximum absolute atomic E-state index is 13.9.